The molecule has 1 aromatic carbocycles. The summed E-state index contributed by atoms with van der Waals surface area (Å²) in [6.45, 7) is 4.41. The summed E-state index contributed by atoms with van der Waals surface area (Å²) in [6, 6.07) is 5.96. The molecule has 4 heteroatoms. The lowest BCUT2D eigenvalue weighted by atomic mass is 9.97. The lowest BCUT2D eigenvalue weighted by Crippen LogP contribution is -2.46. The van der Waals surface area contributed by atoms with Crippen LogP contribution in [0.3, 0.4) is 0 Å². The highest BCUT2D eigenvalue weighted by atomic mass is 35.5. The SMILES string of the molecule is C[C@H]1C[C@H](N(C)CCc2ccc(F)cc2Cl)CCN1C. The second-order valence-electron chi connectivity index (χ2n) is 5.97. The van der Waals surface area contributed by atoms with Gasteiger partial charge in [-0.1, -0.05) is 17.7 Å². The Morgan fingerprint density at radius 1 is 1.45 bits per heavy atom. The minimum Gasteiger partial charge on any atom is -0.304 e. The quantitative estimate of drug-likeness (QED) is 0.840. The molecule has 112 valence electrons. The molecule has 0 amide bonds. The van der Waals surface area contributed by atoms with Crippen molar-refractivity contribution in [2.75, 3.05) is 27.2 Å². The van der Waals surface area contributed by atoms with Crippen molar-refractivity contribution in [3.63, 3.8) is 0 Å². The van der Waals surface area contributed by atoms with E-state index in [9.17, 15) is 4.39 Å². The first-order valence-corrected chi connectivity index (χ1v) is 7.69. The van der Waals surface area contributed by atoms with E-state index in [1.54, 1.807) is 6.07 Å². The predicted octanol–water partition coefficient (Wildman–Crippen LogP) is 3.44. The summed E-state index contributed by atoms with van der Waals surface area (Å²) in [6.07, 6.45) is 3.30. The van der Waals surface area contributed by atoms with Crippen LogP contribution >= 0.6 is 11.6 Å². The number of benzene rings is 1. The van der Waals surface area contributed by atoms with Crippen LogP contribution in [-0.4, -0.2) is 49.1 Å². The van der Waals surface area contributed by atoms with Crippen LogP contribution in [0, 0.1) is 5.82 Å². The van der Waals surface area contributed by atoms with E-state index in [-0.39, 0.29) is 5.82 Å². The molecule has 0 N–H and O–H groups in total. The van der Waals surface area contributed by atoms with Crippen LogP contribution in [0.4, 0.5) is 4.39 Å². The standard InChI is InChI=1S/C16H24ClFN2/c1-12-10-15(7-9-19(12)2)20(3)8-6-13-4-5-14(18)11-16(13)17/h4-5,11-12,15H,6-10H2,1-3H3/t12-,15+/m0/s1. The van der Waals surface area contributed by atoms with E-state index in [2.05, 4.69) is 30.8 Å². The first-order valence-electron chi connectivity index (χ1n) is 7.31. The van der Waals surface area contributed by atoms with Crippen LogP contribution in [0.15, 0.2) is 18.2 Å². The maximum absolute atomic E-state index is 13.0. The molecule has 20 heavy (non-hydrogen) atoms. The van der Waals surface area contributed by atoms with Crippen molar-refractivity contribution < 1.29 is 4.39 Å². The average Bonchev–Trinajstić information content (AvgIpc) is 2.40. The smallest absolute Gasteiger partial charge is 0.124 e. The fourth-order valence-electron chi connectivity index (χ4n) is 2.87. The van der Waals surface area contributed by atoms with E-state index in [4.69, 9.17) is 11.6 Å². The van der Waals surface area contributed by atoms with Crippen LogP contribution in [0.25, 0.3) is 0 Å². The van der Waals surface area contributed by atoms with E-state index >= 15 is 0 Å². The molecule has 2 atom stereocenters. The zero-order chi connectivity index (χ0) is 14.7. The Bertz CT molecular complexity index is 452. The molecule has 1 aliphatic rings. The second-order valence-corrected chi connectivity index (χ2v) is 6.38. The monoisotopic (exact) mass is 298 g/mol. The Hall–Kier alpha value is -0.640. The summed E-state index contributed by atoms with van der Waals surface area (Å²) in [5.41, 5.74) is 1.03. The molecule has 0 aliphatic carbocycles. The zero-order valence-corrected chi connectivity index (χ0v) is 13.3. The molecule has 0 aromatic heterocycles. The van der Waals surface area contributed by atoms with E-state index in [1.165, 1.54) is 25.0 Å². The molecular formula is C16H24ClFN2. The van der Waals surface area contributed by atoms with Crippen molar-refractivity contribution in [3.8, 4) is 0 Å². The van der Waals surface area contributed by atoms with Gasteiger partial charge in [0, 0.05) is 23.7 Å². The van der Waals surface area contributed by atoms with Crippen molar-refractivity contribution in [1.29, 1.82) is 0 Å². The van der Waals surface area contributed by atoms with Crippen LogP contribution in [0.1, 0.15) is 25.3 Å². The molecule has 0 radical (unpaired) electrons. The van der Waals surface area contributed by atoms with E-state index < -0.39 is 0 Å². The second kappa shape index (κ2) is 6.88. The molecule has 1 aliphatic heterocycles. The van der Waals surface area contributed by atoms with E-state index in [0.717, 1.165) is 25.1 Å². The largest absolute Gasteiger partial charge is 0.304 e. The third-order valence-electron chi connectivity index (χ3n) is 4.55. The van der Waals surface area contributed by atoms with Crippen LogP contribution in [0.5, 0.6) is 0 Å². The number of halogens is 2. The molecule has 2 nitrogen and oxygen atoms in total. The molecule has 0 unspecified atom stereocenters. The van der Waals surface area contributed by atoms with Crippen LogP contribution < -0.4 is 0 Å². The van der Waals surface area contributed by atoms with Gasteiger partial charge in [-0.15, -0.1) is 0 Å². The Kier molecular flexibility index (Phi) is 5.42. The lowest BCUT2D eigenvalue weighted by molar-refractivity contribution is 0.105. The molecule has 1 aromatic rings. The van der Waals surface area contributed by atoms with Crippen LogP contribution in [0.2, 0.25) is 5.02 Å². The summed E-state index contributed by atoms with van der Waals surface area (Å²) in [5, 5.41) is 0.537. The number of nitrogens with zero attached hydrogens (tertiary/aromatic N) is 2. The van der Waals surface area contributed by atoms with Gasteiger partial charge in [-0.3, -0.25) is 0 Å². The molecule has 1 heterocycles. The van der Waals surface area contributed by atoms with Gasteiger partial charge in [-0.25, -0.2) is 4.39 Å². The van der Waals surface area contributed by atoms with Crippen molar-refractivity contribution >= 4 is 11.6 Å². The van der Waals surface area contributed by atoms with Crippen molar-refractivity contribution in [2.24, 2.45) is 0 Å². The average molecular weight is 299 g/mol. The molecule has 0 bridgehead atoms. The molecule has 0 saturated carbocycles. The summed E-state index contributed by atoms with van der Waals surface area (Å²) >= 11 is 6.08. The summed E-state index contributed by atoms with van der Waals surface area (Å²) in [4.78, 5) is 4.84. The third-order valence-corrected chi connectivity index (χ3v) is 4.90. The van der Waals surface area contributed by atoms with Gasteiger partial charge in [0.1, 0.15) is 5.82 Å². The van der Waals surface area contributed by atoms with Crippen molar-refractivity contribution in [1.82, 2.24) is 9.80 Å². The van der Waals surface area contributed by atoms with Gasteiger partial charge >= 0.3 is 0 Å². The predicted molar refractivity (Wildman–Crippen MR) is 82.9 cm³/mol. The minimum atomic E-state index is -0.267. The van der Waals surface area contributed by atoms with Gasteiger partial charge in [0.15, 0.2) is 0 Å². The first-order chi connectivity index (χ1) is 9.47. The highest BCUT2D eigenvalue weighted by Gasteiger charge is 2.25. The lowest BCUT2D eigenvalue weighted by Gasteiger charge is -2.39. The molecule has 1 fully saturated rings. The van der Waals surface area contributed by atoms with Gasteiger partial charge in [0.05, 0.1) is 0 Å². The highest BCUT2D eigenvalue weighted by Crippen LogP contribution is 2.21. The Morgan fingerprint density at radius 3 is 2.85 bits per heavy atom. The number of rotatable bonds is 4. The van der Waals surface area contributed by atoms with Gasteiger partial charge in [-0.2, -0.15) is 0 Å². The van der Waals surface area contributed by atoms with Gasteiger partial charge in [-0.05, 0) is 64.5 Å². The fourth-order valence-corrected chi connectivity index (χ4v) is 3.13. The number of hydrogen-bond acceptors (Lipinski definition) is 2. The Balaban J connectivity index is 1.87. The van der Waals surface area contributed by atoms with Gasteiger partial charge in [0.25, 0.3) is 0 Å². The normalized spacial score (nSPS) is 24.3. The minimum absolute atomic E-state index is 0.267. The van der Waals surface area contributed by atoms with E-state index in [0.29, 0.717) is 17.1 Å². The topological polar surface area (TPSA) is 6.48 Å². The molecule has 1 saturated heterocycles. The van der Waals surface area contributed by atoms with Gasteiger partial charge < -0.3 is 9.80 Å². The fraction of sp³-hybridized carbons (Fsp3) is 0.625. The summed E-state index contributed by atoms with van der Waals surface area (Å²) in [5.74, 6) is -0.267. The molecule has 0 spiro atoms. The van der Waals surface area contributed by atoms with Gasteiger partial charge in [0.2, 0.25) is 0 Å². The first kappa shape index (κ1) is 15.7. The van der Waals surface area contributed by atoms with Crippen molar-refractivity contribution in [2.45, 2.75) is 38.3 Å². The number of likely N-dealkylation sites (N-methyl/N-ethyl adjacent to an activating group) is 1. The van der Waals surface area contributed by atoms with E-state index in [1.807, 2.05) is 0 Å². The van der Waals surface area contributed by atoms with Crippen LogP contribution in [-0.2, 0) is 6.42 Å². The third kappa shape index (κ3) is 3.94. The number of likely N-dealkylation sites (tertiary alicyclic amines) is 1. The zero-order valence-electron chi connectivity index (χ0n) is 12.6. The summed E-state index contributed by atoms with van der Waals surface area (Å²) in [7, 11) is 4.37. The summed E-state index contributed by atoms with van der Waals surface area (Å²) < 4.78 is 13.0. The maximum Gasteiger partial charge on any atom is 0.124 e. The molecular weight excluding hydrogens is 275 g/mol. The highest BCUT2D eigenvalue weighted by molar-refractivity contribution is 6.31. The molecule has 2 rings (SSSR count). The number of hydrogen-bond donors (Lipinski definition) is 0. The van der Waals surface area contributed by atoms with Crippen molar-refractivity contribution in [3.05, 3.63) is 34.6 Å². The number of piperidine rings is 1. The Morgan fingerprint density at radius 2 is 2.20 bits per heavy atom. The maximum atomic E-state index is 13.0. The Labute approximate surface area is 126 Å².